The van der Waals surface area contributed by atoms with Crippen molar-refractivity contribution in [3.8, 4) is 0 Å². The van der Waals surface area contributed by atoms with Crippen LogP contribution in [0.4, 0.5) is 0 Å². The number of para-hydroxylation sites is 1. The molecule has 2 unspecified atom stereocenters. The van der Waals surface area contributed by atoms with Gasteiger partial charge in [0.05, 0.1) is 11.2 Å². The van der Waals surface area contributed by atoms with E-state index in [2.05, 4.69) is 51.8 Å². The summed E-state index contributed by atoms with van der Waals surface area (Å²) in [5.41, 5.74) is 2.58. The Hall–Kier alpha value is -0.830. The van der Waals surface area contributed by atoms with Gasteiger partial charge in [-0.2, -0.15) is 5.10 Å². The fourth-order valence-electron chi connectivity index (χ4n) is 3.27. The van der Waals surface area contributed by atoms with Crippen molar-refractivity contribution >= 4 is 26.8 Å². The van der Waals surface area contributed by atoms with Gasteiger partial charge in [-0.3, -0.25) is 4.68 Å². The second kappa shape index (κ2) is 5.66. The molecule has 2 atom stereocenters. The average Bonchev–Trinajstić information content (AvgIpc) is 2.77. The van der Waals surface area contributed by atoms with E-state index >= 15 is 0 Å². The van der Waals surface area contributed by atoms with Gasteiger partial charge in [-0.15, -0.1) is 0 Å². The molecule has 3 heteroatoms. The Morgan fingerprint density at radius 1 is 1.32 bits per heavy atom. The van der Waals surface area contributed by atoms with Crippen LogP contribution in [-0.2, 0) is 13.0 Å². The van der Waals surface area contributed by atoms with Crippen molar-refractivity contribution in [3.05, 3.63) is 30.0 Å². The van der Waals surface area contributed by atoms with Gasteiger partial charge >= 0.3 is 0 Å². The van der Waals surface area contributed by atoms with Gasteiger partial charge in [0.25, 0.3) is 0 Å². The second-order valence-electron chi connectivity index (χ2n) is 5.61. The van der Waals surface area contributed by atoms with E-state index in [0.717, 1.165) is 18.9 Å². The van der Waals surface area contributed by atoms with Gasteiger partial charge in [-0.05, 0) is 44.6 Å². The number of rotatable bonds is 3. The summed E-state index contributed by atoms with van der Waals surface area (Å²) >= 11 is 3.79. The number of fused-ring (bicyclic) bond motifs is 1. The van der Waals surface area contributed by atoms with Gasteiger partial charge in [-0.25, -0.2) is 0 Å². The molecule has 1 heterocycles. The van der Waals surface area contributed by atoms with Crippen LogP contribution in [0, 0.1) is 5.92 Å². The molecule has 0 spiro atoms. The highest BCUT2D eigenvalue weighted by Gasteiger charge is 2.22. The van der Waals surface area contributed by atoms with Gasteiger partial charge in [0.15, 0.2) is 0 Å². The summed E-state index contributed by atoms with van der Waals surface area (Å²) in [6.07, 6.45) is 6.48. The average molecular weight is 321 g/mol. The van der Waals surface area contributed by atoms with Crippen molar-refractivity contribution in [2.75, 3.05) is 0 Å². The molecule has 1 aliphatic rings. The van der Waals surface area contributed by atoms with Crippen LogP contribution in [0.15, 0.2) is 24.3 Å². The molecule has 102 valence electrons. The number of alkyl halides is 1. The number of hydrogen-bond acceptors (Lipinski definition) is 1. The topological polar surface area (TPSA) is 17.8 Å². The molecule has 0 aliphatic heterocycles. The zero-order chi connectivity index (χ0) is 13.2. The first-order valence-corrected chi connectivity index (χ1v) is 8.28. The van der Waals surface area contributed by atoms with E-state index in [4.69, 9.17) is 5.10 Å². The molecule has 3 rings (SSSR count). The molecule has 19 heavy (non-hydrogen) atoms. The van der Waals surface area contributed by atoms with Gasteiger partial charge in [0.1, 0.15) is 0 Å². The third-order valence-electron chi connectivity index (χ3n) is 4.23. The third-order valence-corrected chi connectivity index (χ3v) is 5.07. The first kappa shape index (κ1) is 13.2. The minimum atomic E-state index is 0.714. The summed E-state index contributed by atoms with van der Waals surface area (Å²) in [6.45, 7) is 3.12. The summed E-state index contributed by atoms with van der Waals surface area (Å²) in [4.78, 5) is 0.714. The summed E-state index contributed by atoms with van der Waals surface area (Å²) in [6, 6.07) is 8.64. The summed E-state index contributed by atoms with van der Waals surface area (Å²) < 4.78 is 2.14. The van der Waals surface area contributed by atoms with E-state index in [-0.39, 0.29) is 0 Å². The molecule has 1 fully saturated rings. The first-order chi connectivity index (χ1) is 9.28. The zero-order valence-corrected chi connectivity index (χ0v) is 13.1. The molecule has 0 bridgehead atoms. The molecule has 0 radical (unpaired) electrons. The van der Waals surface area contributed by atoms with E-state index in [1.165, 1.54) is 42.3 Å². The fraction of sp³-hybridized carbons (Fsp3) is 0.562. The Balaban J connectivity index is 1.88. The van der Waals surface area contributed by atoms with Gasteiger partial charge in [0.2, 0.25) is 0 Å². The predicted octanol–water partition coefficient (Wildman–Crippen LogP) is 4.55. The number of aromatic nitrogens is 2. The Labute approximate surface area is 123 Å². The Kier molecular flexibility index (Phi) is 3.92. The smallest absolute Gasteiger partial charge is 0.0706 e. The highest BCUT2D eigenvalue weighted by Crippen LogP contribution is 2.32. The van der Waals surface area contributed by atoms with Crippen LogP contribution < -0.4 is 0 Å². The molecule has 1 saturated carbocycles. The summed E-state index contributed by atoms with van der Waals surface area (Å²) in [5, 5.41) is 6.18. The molecular weight excluding hydrogens is 300 g/mol. The number of halogens is 1. The van der Waals surface area contributed by atoms with Crippen LogP contribution in [0.2, 0.25) is 0 Å². The first-order valence-electron chi connectivity index (χ1n) is 7.36. The van der Waals surface area contributed by atoms with E-state index in [9.17, 15) is 0 Å². The normalized spacial score (nSPS) is 23.9. The number of hydrogen-bond donors (Lipinski definition) is 0. The lowest BCUT2D eigenvalue weighted by Gasteiger charge is -2.25. The second-order valence-corrected chi connectivity index (χ2v) is 6.91. The largest absolute Gasteiger partial charge is 0.265 e. The maximum atomic E-state index is 4.83. The third kappa shape index (κ3) is 2.71. The number of aryl methyl sites for hydroxylation is 1. The molecular formula is C16H21BrN2. The molecule has 1 aromatic heterocycles. The molecule has 0 N–H and O–H groups in total. The van der Waals surface area contributed by atoms with Crippen molar-refractivity contribution in [1.82, 2.24) is 9.78 Å². The lowest BCUT2D eigenvalue weighted by atomic mass is 9.85. The van der Waals surface area contributed by atoms with Crippen molar-refractivity contribution in [3.63, 3.8) is 0 Å². The van der Waals surface area contributed by atoms with Crippen LogP contribution in [0.1, 0.15) is 38.3 Å². The van der Waals surface area contributed by atoms with Gasteiger partial charge < -0.3 is 0 Å². The molecule has 0 amide bonds. The van der Waals surface area contributed by atoms with Crippen molar-refractivity contribution < 1.29 is 0 Å². The van der Waals surface area contributed by atoms with Crippen molar-refractivity contribution in [2.45, 2.75) is 50.4 Å². The fourth-order valence-corrected chi connectivity index (χ4v) is 4.12. The van der Waals surface area contributed by atoms with Crippen LogP contribution in [0.25, 0.3) is 10.9 Å². The van der Waals surface area contributed by atoms with Gasteiger partial charge in [-0.1, -0.05) is 40.5 Å². The van der Waals surface area contributed by atoms with Crippen LogP contribution >= 0.6 is 15.9 Å². The highest BCUT2D eigenvalue weighted by atomic mass is 79.9. The van der Waals surface area contributed by atoms with E-state index in [1.54, 1.807) is 0 Å². The molecule has 1 aliphatic carbocycles. The van der Waals surface area contributed by atoms with E-state index in [1.807, 2.05) is 0 Å². The van der Waals surface area contributed by atoms with Gasteiger partial charge in [0, 0.05) is 16.8 Å². The Morgan fingerprint density at radius 2 is 2.16 bits per heavy atom. The zero-order valence-electron chi connectivity index (χ0n) is 11.5. The number of benzene rings is 1. The lowest BCUT2D eigenvalue weighted by Crippen LogP contribution is -2.17. The van der Waals surface area contributed by atoms with E-state index < -0.39 is 0 Å². The quantitative estimate of drug-likeness (QED) is 0.758. The standard InChI is InChI=1S/C16H21BrN2/c1-2-19-16-9-4-3-8-14(16)15(18-19)11-12-6-5-7-13(17)10-12/h3-4,8-9,12-13H,2,5-7,10-11H2,1H3. The molecule has 0 saturated heterocycles. The summed E-state index contributed by atoms with van der Waals surface area (Å²) in [7, 11) is 0. The maximum Gasteiger partial charge on any atom is 0.0706 e. The number of nitrogens with zero attached hydrogens (tertiary/aromatic N) is 2. The minimum absolute atomic E-state index is 0.714. The van der Waals surface area contributed by atoms with Crippen molar-refractivity contribution in [2.24, 2.45) is 5.92 Å². The van der Waals surface area contributed by atoms with Crippen LogP contribution in [-0.4, -0.2) is 14.6 Å². The summed E-state index contributed by atoms with van der Waals surface area (Å²) in [5.74, 6) is 0.793. The monoisotopic (exact) mass is 320 g/mol. The Morgan fingerprint density at radius 3 is 2.95 bits per heavy atom. The van der Waals surface area contributed by atoms with Crippen LogP contribution in [0.5, 0.6) is 0 Å². The Bertz CT molecular complexity index is 561. The SMILES string of the molecule is CCn1nc(CC2CCCC(Br)C2)c2ccccc21. The minimum Gasteiger partial charge on any atom is -0.265 e. The highest BCUT2D eigenvalue weighted by molar-refractivity contribution is 9.09. The molecule has 2 nitrogen and oxygen atoms in total. The van der Waals surface area contributed by atoms with Crippen LogP contribution in [0.3, 0.4) is 0 Å². The molecule has 1 aromatic carbocycles. The van der Waals surface area contributed by atoms with Crippen molar-refractivity contribution in [1.29, 1.82) is 0 Å². The molecule has 2 aromatic rings. The maximum absolute atomic E-state index is 4.83. The van der Waals surface area contributed by atoms with E-state index in [0.29, 0.717) is 4.83 Å². The lowest BCUT2D eigenvalue weighted by molar-refractivity contribution is 0.365. The predicted molar refractivity (Wildman–Crippen MR) is 83.8 cm³/mol.